The predicted molar refractivity (Wildman–Crippen MR) is 86.1 cm³/mol. The number of hydrogen-bond donors (Lipinski definition) is 1. The molecule has 4 heteroatoms. The Hall–Kier alpha value is -2.62. The van der Waals surface area contributed by atoms with Gasteiger partial charge in [-0.3, -0.25) is 4.79 Å². The summed E-state index contributed by atoms with van der Waals surface area (Å²) in [6, 6.07) is 15.6. The smallest absolute Gasteiger partial charge is 0.253 e. The quantitative estimate of drug-likeness (QED) is 0.926. The van der Waals surface area contributed by atoms with Gasteiger partial charge in [-0.05, 0) is 30.2 Å². The highest BCUT2D eigenvalue weighted by Crippen LogP contribution is 2.34. The van der Waals surface area contributed by atoms with E-state index >= 15 is 0 Å². The number of halogens is 1. The zero-order chi connectivity index (χ0) is 16.4. The van der Waals surface area contributed by atoms with Crippen LogP contribution in [0.3, 0.4) is 0 Å². The van der Waals surface area contributed by atoms with Gasteiger partial charge in [0.2, 0.25) is 0 Å². The number of carbonyl (C=O) groups excluding carboxylic acids is 1. The third kappa shape index (κ3) is 3.11. The minimum Gasteiger partial charge on any atom is -0.512 e. The van der Waals surface area contributed by atoms with E-state index in [4.69, 9.17) is 0 Å². The highest BCUT2D eigenvalue weighted by molar-refractivity contribution is 5.94. The van der Waals surface area contributed by atoms with Crippen molar-refractivity contribution in [1.82, 2.24) is 4.90 Å². The van der Waals surface area contributed by atoms with Crippen LogP contribution in [-0.4, -0.2) is 15.9 Å². The molecule has 118 valence electrons. The summed E-state index contributed by atoms with van der Waals surface area (Å²) in [6.07, 6.45) is 0.392. The Labute approximate surface area is 134 Å². The van der Waals surface area contributed by atoms with Crippen LogP contribution in [0.2, 0.25) is 0 Å². The second-order valence-electron chi connectivity index (χ2n) is 5.76. The molecule has 1 amide bonds. The zero-order valence-corrected chi connectivity index (χ0v) is 12.9. The average Bonchev–Trinajstić information content (AvgIpc) is 2.58. The summed E-state index contributed by atoms with van der Waals surface area (Å²) in [7, 11) is 0. The molecule has 1 N–H and O–H groups in total. The molecular formula is C19H18FNO2. The lowest BCUT2D eigenvalue weighted by Crippen LogP contribution is -2.39. The fourth-order valence-corrected chi connectivity index (χ4v) is 2.87. The van der Waals surface area contributed by atoms with Crippen LogP contribution < -0.4 is 0 Å². The molecule has 0 radical (unpaired) electrons. The molecule has 1 aliphatic heterocycles. The summed E-state index contributed by atoms with van der Waals surface area (Å²) >= 11 is 0. The molecule has 2 aromatic carbocycles. The monoisotopic (exact) mass is 311 g/mol. The first-order valence-corrected chi connectivity index (χ1v) is 7.55. The van der Waals surface area contributed by atoms with Crippen LogP contribution in [0.4, 0.5) is 4.39 Å². The molecule has 0 aliphatic carbocycles. The molecule has 3 nitrogen and oxygen atoms in total. The van der Waals surface area contributed by atoms with Crippen molar-refractivity contribution in [2.24, 2.45) is 0 Å². The molecule has 3 rings (SSSR count). The largest absolute Gasteiger partial charge is 0.512 e. The Morgan fingerprint density at radius 2 is 1.78 bits per heavy atom. The third-order valence-corrected chi connectivity index (χ3v) is 4.23. The number of aliphatic hydroxyl groups is 1. The second-order valence-corrected chi connectivity index (χ2v) is 5.76. The summed E-state index contributed by atoms with van der Waals surface area (Å²) in [5, 5.41) is 10.1. The number of nitrogens with zero attached hydrogens (tertiary/aromatic N) is 1. The molecule has 0 saturated carbocycles. The molecule has 0 saturated heterocycles. The van der Waals surface area contributed by atoms with Gasteiger partial charge in [0.25, 0.3) is 5.91 Å². The van der Waals surface area contributed by atoms with E-state index in [9.17, 15) is 14.3 Å². The number of carbonyl (C=O) groups is 1. The minimum atomic E-state index is -0.299. The van der Waals surface area contributed by atoms with E-state index in [-0.39, 0.29) is 23.5 Å². The molecule has 1 atom stereocenters. The van der Waals surface area contributed by atoms with Crippen molar-refractivity contribution < 1.29 is 14.3 Å². The van der Waals surface area contributed by atoms with E-state index in [1.165, 1.54) is 12.1 Å². The van der Waals surface area contributed by atoms with Crippen molar-refractivity contribution in [3.05, 3.63) is 82.9 Å². The zero-order valence-electron chi connectivity index (χ0n) is 12.9. The molecule has 1 unspecified atom stereocenters. The molecule has 0 bridgehead atoms. The minimum absolute atomic E-state index is 0.138. The molecule has 0 aromatic heterocycles. The van der Waals surface area contributed by atoms with Gasteiger partial charge in [0.1, 0.15) is 11.6 Å². The lowest BCUT2D eigenvalue weighted by Gasteiger charge is -2.36. The maximum atomic E-state index is 13.1. The van der Waals surface area contributed by atoms with Crippen molar-refractivity contribution >= 4 is 5.91 Å². The lowest BCUT2D eigenvalue weighted by molar-refractivity contribution is -0.131. The SMILES string of the molecule is CC1=C(O)CC(c2ccccc2)N(Cc2ccc(F)cc2)C1=O. The first kappa shape index (κ1) is 15.3. The van der Waals surface area contributed by atoms with Gasteiger partial charge in [-0.25, -0.2) is 4.39 Å². The molecule has 1 heterocycles. The first-order chi connectivity index (χ1) is 11.1. The van der Waals surface area contributed by atoms with Gasteiger partial charge in [-0.2, -0.15) is 0 Å². The van der Waals surface area contributed by atoms with Crippen molar-refractivity contribution in [3.8, 4) is 0 Å². The van der Waals surface area contributed by atoms with Gasteiger partial charge in [-0.1, -0.05) is 42.5 Å². The normalized spacial score (nSPS) is 18.4. The number of hydrogen-bond acceptors (Lipinski definition) is 2. The van der Waals surface area contributed by atoms with Crippen LogP contribution in [-0.2, 0) is 11.3 Å². The maximum Gasteiger partial charge on any atom is 0.253 e. The number of rotatable bonds is 3. The number of amides is 1. The fraction of sp³-hybridized carbons (Fsp3) is 0.211. The van der Waals surface area contributed by atoms with Crippen molar-refractivity contribution in [2.45, 2.75) is 25.9 Å². The molecule has 1 aliphatic rings. The summed E-state index contributed by atoms with van der Waals surface area (Å²) in [5.74, 6) is -0.349. The van der Waals surface area contributed by atoms with E-state index in [0.717, 1.165) is 11.1 Å². The van der Waals surface area contributed by atoms with Gasteiger partial charge in [0.15, 0.2) is 0 Å². The van der Waals surface area contributed by atoms with E-state index < -0.39 is 0 Å². The Morgan fingerprint density at radius 3 is 2.43 bits per heavy atom. The van der Waals surface area contributed by atoms with Crippen LogP contribution in [0.1, 0.15) is 30.5 Å². The van der Waals surface area contributed by atoms with Crippen molar-refractivity contribution in [2.75, 3.05) is 0 Å². The summed E-state index contributed by atoms with van der Waals surface area (Å²) in [4.78, 5) is 14.4. The van der Waals surface area contributed by atoms with E-state index in [1.54, 1.807) is 24.0 Å². The first-order valence-electron chi connectivity index (χ1n) is 7.55. The van der Waals surface area contributed by atoms with E-state index in [0.29, 0.717) is 18.5 Å². The molecule has 0 fully saturated rings. The molecule has 2 aromatic rings. The summed E-state index contributed by atoms with van der Waals surface area (Å²) in [6.45, 7) is 2.01. The predicted octanol–water partition coefficient (Wildman–Crippen LogP) is 4.13. The topological polar surface area (TPSA) is 40.5 Å². The van der Waals surface area contributed by atoms with Gasteiger partial charge in [-0.15, -0.1) is 0 Å². The maximum absolute atomic E-state index is 13.1. The summed E-state index contributed by atoms with van der Waals surface area (Å²) in [5.41, 5.74) is 2.20. The Bertz CT molecular complexity index is 738. The Balaban J connectivity index is 1.95. The Kier molecular flexibility index (Phi) is 4.15. The third-order valence-electron chi connectivity index (χ3n) is 4.23. The van der Waals surface area contributed by atoms with Crippen LogP contribution in [0.5, 0.6) is 0 Å². The molecule has 23 heavy (non-hydrogen) atoms. The van der Waals surface area contributed by atoms with Crippen LogP contribution in [0.25, 0.3) is 0 Å². The van der Waals surface area contributed by atoms with Gasteiger partial charge in [0.05, 0.1) is 11.6 Å². The van der Waals surface area contributed by atoms with E-state index in [2.05, 4.69) is 0 Å². The Morgan fingerprint density at radius 1 is 1.13 bits per heavy atom. The second kappa shape index (κ2) is 6.24. The highest BCUT2D eigenvalue weighted by atomic mass is 19.1. The highest BCUT2D eigenvalue weighted by Gasteiger charge is 2.33. The average molecular weight is 311 g/mol. The van der Waals surface area contributed by atoms with Crippen molar-refractivity contribution in [3.63, 3.8) is 0 Å². The summed E-state index contributed by atoms with van der Waals surface area (Å²) < 4.78 is 13.1. The number of benzene rings is 2. The number of aliphatic hydroxyl groups excluding tert-OH is 1. The van der Waals surface area contributed by atoms with Crippen LogP contribution >= 0.6 is 0 Å². The van der Waals surface area contributed by atoms with Crippen LogP contribution in [0, 0.1) is 5.82 Å². The standard InChI is InChI=1S/C19H18FNO2/c1-13-18(22)11-17(15-5-3-2-4-6-15)21(19(13)23)12-14-7-9-16(20)10-8-14/h2-10,17,22H,11-12H2,1H3. The lowest BCUT2D eigenvalue weighted by atomic mass is 9.94. The van der Waals surface area contributed by atoms with Crippen molar-refractivity contribution in [1.29, 1.82) is 0 Å². The molecular weight excluding hydrogens is 293 g/mol. The van der Waals surface area contributed by atoms with Gasteiger partial charge in [0, 0.05) is 13.0 Å². The van der Waals surface area contributed by atoms with Gasteiger partial charge < -0.3 is 10.0 Å². The molecule has 0 spiro atoms. The van der Waals surface area contributed by atoms with Gasteiger partial charge >= 0.3 is 0 Å². The van der Waals surface area contributed by atoms with E-state index in [1.807, 2.05) is 30.3 Å². The fourth-order valence-electron chi connectivity index (χ4n) is 2.87. The van der Waals surface area contributed by atoms with Crippen LogP contribution in [0.15, 0.2) is 65.9 Å².